The molecule has 0 fully saturated rings. The number of nitrogens with zero attached hydrogens (tertiary/aromatic N) is 2. The smallest absolute Gasteiger partial charge is 0.244 e. The van der Waals surface area contributed by atoms with E-state index in [2.05, 4.69) is 4.98 Å². The maximum Gasteiger partial charge on any atom is 0.244 e. The maximum absolute atomic E-state index is 11.3. The van der Waals surface area contributed by atoms with Gasteiger partial charge in [0, 0.05) is 18.9 Å². The van der Waals surface area contributed by atoms with E-state index in [-0.39, 0.29) is 5.91 Å². The number of carbonyl (C=O) groups is 1. The molecule has 4 nitrogen and oxygen atoms in total. The summed E-state index contributed by atoms with van der Waals surface area (Å²) in [7, 11) is 0. The summed E-state index contributed by atoms with van der Waals surface area (Å²) in [4.78, 5) is 17.1. The number of allylic oxidation sites excluding steroid dienone is 2. The average molecular weight is 250 g/mol. The lowest BCUT2D eigenvalue weighted by atomic mass is 10.1. The number of hydrogen-bond donors (Lipinski definition) is 1. The van der Waals surface area contributed by atoms with Crippen molar-refractivity contribution in [2.45, 2.75) is 12.6 Å². The number of halogens is 1. The van der Waals surface area contributed by atoms with Crippen molar-refractivity contribution >= 4 is 17.5 Å². The summed E-state index contributed by atoms with van der Waals surface area (Å²) in [6.07, 6.45) is 8.97. The highest BCUT2D eigenvalue weighted by Gasteiger charge is 2.19. The summed E-state index contributed by atoms with van der Waals surface area (Å²) in [5.74, 6) is -0.368. The van der Waals surface area contributed by atoms with Crippen molar-refractivity contribution in [1.29, 1.82) is 0 Å². The molecule has 0 aromatic carbocycles. The van der Waals surface area contributed by atoms with Crippen LogP contribution in [0.3, 0.4) is 0 Å². The SMILES string of the molecule is NC(=O)C1C=CC=CN1Cc1ccc(Cl)nc1. The molecular weight excluding hydrogens is 238 g/mol. The summed E-state index contributed by atoms with van der Waals surface area (Å²) in [5, 5.41) is 0.453. The highest BCUT2D eigenvalue weighted by Crippen LogP contribution is 2.14. The Morgan fingerprint density at radius 2 is 2.29 bits per heavy atom. The second-order valence-corrected chi connectivity index (χ2v) is 4.12. The molecule has 0 radical (unpaired) electrons. The molecule has 0 saturated heterocycles. The molecule has 1 aliphatic heterocycles. The normalized spacial score (nSPS) is 18.4. The first-order valence-corrected chi connectivity index (χ1v) is 5.55. The number of hydrogen-bond acceptors (Lipinski definition) is 3. The highest BCUT2D eigenvalue weighted by molar-refractivity contribution is 6.29. The molecule has 1 aromatic rings. The van der Waals surface area contributed by atoms with Crippen LogP contribution in [0.4, 0.5) is 0 Å². The van der Waals surface area contributed by atoms with Crippen molar-refractivity contribution in [3.05, 3.63) is 53.5 Å². The van der Waals surface area contributed by atoms with Gasteiger partial charge in [0.25, 0.3) is 0 Å². The van der Waals surface area contributed by atoms with E-state index >= 15 is 0 Å². The summed E-state index contributed by atoms with van der Waals surface area (Å²) < 4.78 is 0. The van der Waals surface area contributed by atoms with E-state index in [1.165, 1.54) is 0 Å². The lowest BCUT2D eigenvalue weighted by Gasteiger charge is -2.27. The molecule has 0 spiro atoms. The number of nitrogens with two attached hydrogens (primary N) is 1. The predicted molar refractivity (Wildman–Crippen MR) is 66.1 cm³/mol. The number of rotatable bonds is 3. The van der Waals surface area contributed by atoms with Crippen LogP contribution in [0.2, 0.25) is 5.15 Å². The van der Waals surface area contributed by atoms with Gasteiger partial charge in [-0.05, 0) is 17.7 Å². The minimum absolute atomic E-state index is 0.368. The summed E-state index contributed by atoms with van der Waals surface area (Å²) >= 11 is 5.71. The predicted octanol–water partition coefficient (Wildman–Crippen LogP) is 1.47. The van der Waals surface area contributed by atoms with Crippen LogP contribution in [0, 0.1) is 0 Å². The molecule has 1 unspecified atom stereocenters. The van der Waals surface area contributed by atoms with Gasteiger partial charge in [0.1, 0.15) is 11.2 Å². The van der Waals surface area contributed by atoms with Crippen LogP contribution in [-0.2, 0) is 11.3 Å². The standard InChI is InChI=1S/C12H12ClN3O/c13-11-5-4-9(7-15-11)8-16-6-2-1-3-10(16)12(14)17/h1-7,10H,8H2,(H2,14,17). The molecular formula is C12H12ClN3O. The quantitative estimate of drug-likeness (QED) is 0.826. The third-order valence-electron chi connectivity index (χ3n) is 2.48. The third kappa shape index (κ3) is 2.85. The van der Waals surface area contributed by atoms with Crippen LogP contribution >= 0.6 is 11.6 Å². The largest absolute Gasteiger partial charge is 0.368 e. The fourth-order valence-corrected chi connectivity index (χ4v) is 1.76. The number of carbonyl (C=O) groups excluding carboxylic acids is 1. The molecule has 0 aliphatic carbocycles. The Morgan fingerprint density at radius 3 is 2.94 bits per heavy atom. The minimum atomic E-state index is -0.407. The van der Waals surface area contributed by atoms with Gasteiger partial charge in [0.05, 0.1) is 0 Å². The Bertz CT molecular complexity index is 467. The zero-order valence-electron chi connectivity index (χ0n) is 9.08. The molecule has 5 heteroatoms. The third-order valence-corrected chi connectivity index (χ3v) is 2.71. The molecule has 88 valence electrons. The fraction of sp³-hybridized carbons (Fsp3) is 0.167. The van der Waals surface area contributed by atoms with Gasteiger partial charge >= 0.3 is 0 Å². The first-order valence-electron chi connectivity index (χ1n) is 5.17. The maximum atomic E-state index is 11.3. The van der Waals surface area contributed by atoms with E-state index in [1.807, 2.05) is 29.3 Å². The Labute approximate surface area is 104 Å². The highest BCUT2D eigenvalue weighted by atomic mass is 35.5. The Kier molecular flexibility index (Phi) is 3.44. The molecule has 0 saturated carbocycles. The first-order chi connectivity index (χ1) is 8.16. The molecule has 2 rings (SSSR count). The van der Waals surface area contributed by atoms with E-state index in [0.29, 0.717) is 11.7 Å². The first kappa shape index (κ1) is 11.7. The molecule has 0 bridgehead atoms. The Morgan fingerprint density at radius 1 is 1.47 bits per heavy atom. The Hall–Kier alpha value is -1.81. The van der Waals surface area contributed by atoms with E-state index in [0.717, 1.165) is 5.56 Å². The van der Waals surface area contributed by atoms with Crippen molar-refractivity contribution < 1.29 is 4.79 Å². The lowest BCUT2D eigenvalue weighted by molar-refractivity contribution is -0.121. The zero-order valence-corrected chi connectivity index (χ0v) is 9.84. The van der Waals surface area contributed by atoms with Crippen LogP contribution in [0.25, 0.3) is 0 Å². The van der Waals surface area contributed by atoms with Crippen LogP contribution in [0.5, 0.6) is 0 Å². The van der Waals surface area contributed by atoms with Crippen molar-refractivity contribution in [3.8, 4) is 0 Å². The van der Waals surface area contributed by atoms with Crippen molar-refractivity contribution in [3.63, 3.8) is 0 Å². The molecule has 1 aromatic heterocycles. The van der Waals surface area contributed by atoms with E-state index in [4.69, 9.17) is 17.3 Å². The van der Waals surface area contributed by atoms with Gasteiger partial charge in [0.15, 0.2) is 0 Å². The van der Waals surface area contributed by atoms with E-state index in [9.17, 15) is 4.79 Å². The molecule has 1 aliphatic rings. The summed E-state index contributed by atoms with van der Waals surface area (Å²) in [6.45, 7) is 0.568. The van der Waals surface area contributed by atoms with Gasteiger partial charge in [-0.15, -0.1) is 0 Å². The van der Waals surface area contributed by atoms with Gasteiger partial charge in [-0.25, -0.2) is 4.98 Å². The molecule has 17 heavy (non-hydrogen) atoms. The Balaban J connectivity index is 2.12. The lowest BCUT2D eigenvalue weighted by Crippen LogP contribution is -2.41. The van der Waals surface area contributed by atoms with Gasteiger partial charge in [-0.1, -0.05) is 29.8 Å². The van der Waals surface area contributed by atoms with Crippen LogP contribution in [0.15, 0.2) is 42.8 Å². The fourth-order valence-electron chi connectivity index (χ4n) is 1.65. The zero-order chi connectivity index (χ0) is 12.3. The van der Waals surface area contributed by atoms with Crippen molar-refractivity contribution in [1.82, 2.24) is 9.88 Å². The minimum Gasteiger partial charge on any atom is -0.368 e. The molecule has 1 amide bonds. The molecule has 2 heterocycles. The monoisotopic (exact) mass is 249 g/mol. The molecule has 1 atom stereocenters. The average Bonchev–Trinajstić information content (AvgIpc) is 2.32. The topological polar surface area (TPSA) is 59.2 Å². The number of aromatic nitrogens is 1. The van der Waals surface area contributed by atoms with Crippen LogP contribution < -0.4 is 5.73 Å². The van der Waals surface area contributed by atoms with Crippen molar-refractivity contribution in [2.24, 2.45) is 5.73 Å². The number of primary amides is 1. The van der Waals surface area contributed by atoms with E-state index < -0.39 is 6.04 Å². The van der Waals surface area contributed by atoms with Crippen molar-refractivity contribution in [2.75, 3.05) is 0 Å². The second-order valence-electron chi connectivity index (χ2n) is 3.74. The van der Waals surface area contributed by atoms with Gasteiger partial charge in [-0.2, -0.15) is 0 Å². The van der Waals surface area contributed by atoms with E-state index in [1.54, 1.807) is 18.3 Å². The molecule has 2 N–H and O–H groups in total. The number of amides is 1. The second kappa shape index (κ2) is 5.01. The summed E-state index contributed by atoms with van der Waals surface area (Å²) in [5.41, 5.74) is 6.31. The van der Waals surface area contributed by atoms with Crippen LogP contribution in [0.1, 0.15) is 5.56 Å². The van der Waals surface area contributed by atoms with Gasteiger partial charge in [-0.3, -0.25) is 4.79 Å². The van der Waals surface area contributed by atoms with Gasteiger partial charge in [0.2, 0.25) is 5.91 Å². The summed E-state index contributed by atoms with van der Waals surface area (Å²) in [6, 6.07) is 3.19. The van der Waals surface area contributed by atoms with Gasteiger partial charge < -0.3 is 10.6 Å². The number of pyridine rings is 1. The van der Waals surface area contributed by atoms with Crippen LogP contribution in [-0.4, -0.2) is 21.8 Å².